The Kier molecular flexibility index (Phi) is 4.50. The Balaban J connectivity index is 2.61. The molecule has 0 aliphatic heterocycles. The highest BCUT2D eigenvalue weighted by molar-refractivity contribution is 9.11. The van der Waals surface area contributed by atoms with Gasteiger partial charge in [0.15, 0.2) is 0 Å². The molecule has 0 atom stereocenters. The molecule has 0 heterocycles. The number of hydrogen-bond acceptors (Lipinski definition) is 2. The fourth-order valence-corrected chi connectivity index (χ4v) is 3.32. The van der Waals surface area contributed by atoms with E-state index in [1.807, 2.05) is 26.0 Å². The van der Waals surface area contributed by atoms with Crippen LogP contribution in [0, 0.1) is 0 Å². The predicted octanol–water partition coefficient (Wildman–Crippen LogP) is 2.54. The van der Waals surface area contributed by atoms with E-state index in [0.717, 1.165) is 11.1 Å². The van der Waals surface area contributed by atoms with Gasteiger partial charge in [-0.2, -0.15) is 0 Å². The van der Waals surface area contributed by atoms with Crippen molar-refractivity contribution >= 4 is 58.5 Å². The van der Waals surface area contributed by atoms with Gasteiger partial charge in [-0.05, 0) is 55.1 Å². The van der Waals surface area contributed by atoms with Crippen molar-refractivity contribution in [1.82, 2.24) is 0 Å². The fourth-order valence-electron chi connectivity index (χ4n) is 2.13. The molecule has 0 spiro atoms. The van der Waals surface area contributed by atoms with Crippen LogP contribution < -0.4 is 10.9 Å². The largest absolute Gasteiger partial charge is 0.509 e. The van der Waals surface area contributed by atoms with Crippen molar-refractivity contribution in [2.24, 2.45) is 0 Å². The lowest BCUT2D eigenvalue weighted by molar-refractivity contribution is 0.467. The van der Waals surface area contributed by atoms with Gasteiger partial charge in [-0.15, -0.1) is 0 Å². The predicted molar refractivity (Wildman–Crippen MR) is 94.5 cm³/mol. The summed E-state index contributed by atoms with van der Waals surface area (Å²) >= 11 is 6.67. The van der Waals surface area contributed by atoms with Crippen molar-refractivity contribution in [2.75, 3.05) is 0 Å². The summed E-state index contributed by atoms with van der Waals surface area (Å²) in [5.41, 5.74) is 1.92. The molecular weight excluding hydrogens is 394 g/mol. The second kappa shape index (κ2) is 5.73. The Hall–Kier alpha value is -0.870. The molecule has 0 saturated heterocycles. The molecule has 0 aliphatic carbocycles. The minimum absolute atomic E-state index is 0.0948. The third-order valence-corrected chi connectivity index (χ3v) is 4.84. The van der Waals surface area contributed by atoms with Gasteiger partial charge in [-0.25, -0.2) is 0 Å². The molecule has 6 heteroatoms. The van der Waals surface area contributed by atoms with E-state index >= 15 is 0 Å². The van der Waals surface area contributed by atoms with E-state index in [-0.39, 0.29) is 22.4 Å². The number of rotatable bonds is 2. The topological polar surface area (TPSA) is 40.5 Å². The lowest BCUT2D eigenvalue weighted by Crippen LogP contribution is -2.25. The minimum atomic E-state index is -0.408. The summed E-state index contributed by atoms with van der Waals surface area (Å²) in [6.45, 7) is 4.03. The smallest absolute Gasteiger partial charge is 0.143 e. The van der Waals surface area contributed by atoms with Gasteiger partial charge < -0.3 is 10.2 Å². The van der Waals surface area contributed by atoms with Gasteiger partial charge in [0.05, 0.1) is 8.95 Å². The summed E-state index contributed by atoms with van der Waals surface area (Å²) in [5.74, 6) is 0.0573. The van der Waals surface area contributed by atoms with Gasteiger partial charge in [0.25, 0.3) is 0 Å². The molecular formula is C15H12B2Br2O2. The zero-order chi connectivity index (χ0) is 15.9. The van der Waals surface area contributed by atoms with Crippen LogP contribution >= 0.6 is 31.9 Å². The van der Waals surface area contributed by atoms with Gasteiger partial charge in [-0.3, -0.25) is 0 Å². The molecule has 0 bridgehead atoms. The van der Waals surface area contributed by atoms with Gasteiger partial charge >= 0.3 is 0 Å². The van der Waals surface area contributed by atoms with Crippen LogP contribution in [0.2, 0.25) is 0 Å². The molecule has 2 aromatic carbocycles. The Morgan fingerprint density at radius 1 is 0.810 bits per heavy atom. The van der Waals surface area contributed by atoms with Crippen molar-refractivity contribution in [3.63, 3.8) is 0 Å². The summed E-state index contributed by atoms with van der Waals surface area (Å²) < 4.78 is 1.19. The van der Waals surface area contributed by atoms with Gasteiger partial charge in [0, 0.05) is 5.41 Å². The average molecular weight is 406 g/mol. The lowest BCUT2D eigenvalue weighted by Gasteiger charge is -2.28. The van der Waals surface area contributed by atoms with Crippen LogP contribution in [-0.4, -0.2) is 25.9 Å². The maximum Gasteiger partial charge on any atom is 0.143 e. The molecule has 21 heavy (non-hydrogen) atoms. The van der Waals surface area contributed by atoms with E-state index < -0.39 is 5.41 Å². The molecule has 0 aromatic heterocycles. The summed E-state index contributed by atoms with van der Waals surface area (Å²) in [4.78, 5) is 0. The number of hydrogen-bond donors (Lipinski definition) is 2. The first-order valence-corrected chi connectivity index (χ1v) is 7.80. The van der Waals surface area contributed by atoms with Crippen molar-refractivity contribution in [1.29, 1.82) is 0 Å². The molecule has 0 aliphatic rings. The van der Waals surface area contributed by atoms with E-state index in [0.29, 0.717) is 8.95 Å². The maximum atomic E-state index is 9.82. The number of halogens is 2. The lowest BCUT2D eigenvalue weighted by atomic mass is 9.73. The SMILES string of the molecule is [B]c1cc(C(C)(C)c2cc(Br)c(O)c(Br)c2)cc([B])c1O. The van der Waals surface area contributed by atoms with Crippen LogP contribution in [0.5, 0.6) is 11.5 Å². The van der Waals surface area contributed by atoms with Crippen molar-refractivity contribution in [2.45, 2.75) is 19.3 Å². The highest BCUT2D eigenvalue weighted by Crippen LogP contribution is 2.39. The van der Waals surface area contributed by atoms with Crippen LogP contribution in [-0.2, 0) is 5.41 Å². The minimum Gasteiger partial charge on any atom is -0.509 e. The molecule has 0 saturated carbocycles. The molecule has 4 radical (unpaired) electrons. The summed E-state index contributed by atoms with van der Waals surface area (Å²) in [5, 5.41) is 19.5. The van der Waals surface area contributed by atoms with E-state index in [1.165, 1.54) is 0 Å². The average Bonchev–Trinajstić information content (AvgIpc) is 2.40. The monoisotopic (exact) mass is 404 g/mol. The first-order valence-electron chi connectivity index (χ1n) is 6.21. The maximum absolute atomic E-state index is 9.82. The van der Waals surface area contributed by atoms with Crippen LogP contribution in [0.25, 0.3) is 0 Å². The second-order valence-electron chi connectivity index (χ2n) is 5.42. The zero-order valence-corrected chi connectivity index (χ0v) is 14.8. The van der Waals surface area contributed by atoms with Gasteiger partial charge in [0.1, 0.15) is 27.2 Å². The number of aromatic hydroxyl groups is 2. The standard InChI is InChI=1S/C15H12B2Br2O2/c1-15(2,7-3-9(16)13(20)10(17)4-7)8-5-11(18)14(21)12(19)6-8/h3-6,20-21H,1-2H3. The third kappa shape index (κ3) is 3.02. The third-order valence-electron chi connectivity index (χ3n) is 3.63. The normalized spacial score (nSPS) is 11.6. The molecule has 0 fully saturated rings. The highest BCUT2D eigenvalue weighted by atomic mass is 79.9. The summed E-state index contributed by atoms with van der Waals surface area (Å²) in [7, 11) is 11.6. The van der Waals surface area contributed by atoms with Crippen molar-refractivity contribution in [3.05, 3.63) is 44.3 Å². The summed E-state index contributed by atoms with van der Waals surface area (Å²) in [6, 6.07) is 7.11. The van der Waals surface area contributed by atoms with E-state index in [1.54, 1.807) is 12.1 Å². The van der Waals surface area contributed by atoms with E-state index in [2.05, 4.69) is 31.9 Å². The number of phenols is 2. The fraction of sp³-hybridized carbons (Fsp3) is 0.200. The number of benzene rings is 2. The van der Waals surface area contributed by atoms with E-state index in [9.17, 15) is 10.2 Å². The van der Waals surface area contributed by atoms with Crippen LogP contribution in [0.4, 0.5) is 0 Å². The molecule has 2 rings (SSSR count). The van der Waals surface area contributed by atoms with Gasteiger partial charge in [0.2, 0.25) is 0 Å². The van der Waals surface area contributed by atoms with E-state index in [4.69, 9.17) is 15.7 Å². The Morgan fingerprint density at radius 2 is 1.19 bits per heavy atom. The molecule has 2 aromatic rings. The Bertz CT molecular complexity index is 609. The Morgan fingerprint density at radius 3 is 1.62 bits per heavy atom. The molecule has 0 amide bonds. The van der Waals surface area contributed by atoms with Crippen molar-refractivity contribution in [3.8, 4) is 11.5 Å². The second-order valence-corrected chi connectivity index (χ2v) is 7.13. The number of phenolic OH excluding ortho intramolecular Hbond substituents is 2. The van der Waals surface area contributed by atoms with Crippen molar-refractivity contribution < 1.29 is 10.2 Å². The first-order chi connectivity index (χ1) is 9.64. The zero-order valence-electron chi connectivity index (χ0n) is 11.6. The molecule has 104 valence electrons. The molecule has 0 unspecified atom stereocenters. The molecule has 2 nitrogen and oxygen atoms in total. The quantitative estimate of drug-likeness (QED) is 0.754. The van der Waals surface area contributed by atoms with Gasteiger partial charge in [-0.1, -0.05) is 36.9 Å². The van der Waals surface area contributed by atoms with Crippen LogP contribution in [0.3, 0.4) is 0 Å². The molecule has 2 N–H and O–H groups in total. The summed E-state index contributed by atoms with van der Waals surface area (Å²) in [6.07, 6.45) is 0. The van der Waals surface area contributed by atoms with Crippen LogP contribution in [0.15, 0.2) is 33.2 Å². The highest BCUT2D eigenvalue weighted by Gasteiger charge is 2.26. The van der Waals surface area contributed by atoms with Crippen LogP contribution in [0.1, 0.15) is 25.0 Å². The Labute approximate surface area is 143 Å². The first kappa shape index (κ1) is 16.5.